The van der Waals surface area contributed by atoms with E-state index in [0.717, 1.165) is 11.0 Å². The molecular weight excluding hydrogens is 302 g/mol. The zero-order valence-corrected chi connectivity index (χ0v) is 12.6. The fourth-order valence-corrected chi connectivity index (χ4v) is 2.40. The summed E-state index contributed by atoms with van der Waals surface area (Å²) in [6, 6.07) is 18.5. The first kappa shape index (κ1) is 14.3. The molecule has 19 heavy (non-hydrogen) atoms. The molecule has 0 bridgehead atoms. The Morgan fingerprint density at radius 1 is 1.11 bits per heavy atom. The van der Waals surface area contributed by atoms with Crippen LogP contribution in [0.25, 0.3) is 0 Å². The van der Waals surface area contributed by atoms with Crippen molar-refractivity contribution >= 4 is 15.9 Å². The number of hydrogen-bond donors (Lipinski definition) is 1. The maximum atomic E-state index is 6.03. The van der Waals surface area contributed by atoms with Crippen LogP contribution in [0.2, 0.25) is 0 Å². The molecule has 0 saturated heterocycles. The van der Waals surface area contributed by atoms with Crippen LogP contribution in [0.1, 0.15) is 17.2 Å². The fourth-order valence-electron chi connectivity index (χ4n) is 1.95. The second-order valence-corrected chi connectivity index (χ2v) is 5.31. The van der Waals surface area contributed by atoms with Gasteiger partial charge < -0.3 is 10.1 Å². The lowest BCUT2D eigenvalue weighted by molar-refractivity contribution is 0.0410. The first-order chi connectivity index (χ1) is 9.29. The van der Waals surface area contributed by atoms with E-state index in [-0.39, 0.29) is 6.10 Å². The summed E-state index contributed by atoms with van der Waals surface area (Å²) in [6.45, 7) is 1.42. The summed E-state index contributed by atoms with van der Waals surface area (Å²) in [5.74, 6) is 0. The molecule has 0 fully saturated rings. The molecule has 100 valence electrons. The van der Waals surface area contributed by atoms with E-state index in [1.165, 1.54) is 11.1 Å². The molecule has 0 spiro atoms. The van der Waals surface area contributed by atoms with Crippen molar-refractivity contribution in [1.29, 1.82) is 0 Å². The molecule has 2 aromatic rings. The van der Waals surface area contributed by atoms with Crippen LogP contribution in [0.4, 0.5) is 0 Å². The number of likely N-dealkylation sites (N-methyl/N-ethyl adjacent to an activating group) is 1. The first-order valence-electron chi connectivity index (χ1n) is 6.35. The molecule has 0 amide bonds. The highest BCUT2D eigenvalue weighted by Gasteiger charge is 2.10. The van der Waals surface area contributed by atoms with E-state index in [1.54, 1.807) is 0 Å². The first-order valence-corrected chi connectivity index (χ1v) is 7.14. The Morgan fingerprint density at radius 3 is 2.58 bits per heavy atom. The Balaban J connectivity index is 2.01. The van der Waals surface area contributed by atoms with Crippen molar-refractivity contribution in [3.63, 3.8) is 0 Å². The van der Waals surface area contributed by atoms with Crippen LogP contribution in [0, 0.1) is 0 Å². The molecule has 0 aliphatic carbocycles. The number of halogens is 1. The third-order valence-corrected chi connectivity index (χ3v) is 3.39. The van der Waals surface area contributed by atoms with Gasteiger partial charge in [0.15, 0.2) is 0 Å². The van der Waals surface area contributed by atoms with Gasteiger partial charge in [-0.15, -0.1) is 0 Å². The predicted octanol–water partition coefficient (Wildman–Crippen LogP) is 3.93. The van der Waals surface area contributed by atoms with Gasteiger partial charge in [0.2, 0.25) is 0 Å². The van der Waals surface area contributed by atoms with Crippen LogP contribution >= 0.6 is 15.9 Å². The van der Waals surface area contributed by atoms with Gasteiger partial charge in [-0.2, -0.15) is 0 Å². The zero-order valence-electron chi connectivity index (χ0n) is 11.0. The van der Waals surface area contributed by atoms with Gasteiger partial charge in [-0.05, 0) is 30.3 Å². The maximum Gasteiger partial charge on any atom is 0.0953 e. The molecule has 2 aromatic carbocycles. The summed E-state index contributed by atoms with van der Waals surface area (Å²) in [6.07, 6.45) is 0.0742. The lowest BCUT2D eigenvalue weighted by atomic mass is 10.1. The summed E-state index contributed by atoms with van der Waals surface area (Å²) in [5, 5.41) is 3.18. The maximum absolute atomic E-state index is 6.03. The Kier molecular flexibility index (Phi) is 5.58. The lowest BCUT2D eigenvalue weighted by Crippen LogP contribution is -2.19. The Morgan fingerprint density at radius 2 is 1.89 bits per heavy atom. The normalized spacial score (nSPS) is 12.3. The largest absolute Gasteiger partial charge is 0.368 e. The lowest BCUT2D eigenvalue weighted by Gasteiger charge is -2.18. The monoisotopic (exact) mass is 319 g/mol. The minimum atomic E-state index is 0.0742. The second-order valence-electron chi connectivity index (χ2n) is 4.40. The molecule has 1 atom stereocenters. The summed E-state index contributed by atoms with van der Waals surface area (Å²) >= 11 is 3.48. The summed E-state index contributed by atoms with van der Waals surface area (Å²) in [7, 11) is 1.94. The molecule has 0 heterocycles. The zero-order chi connectivity index (χ0) is 13.5. The van der Waals surface area contributed by atoms with Gasteiger partial charge in [-0.25, -0.2) is 0 Å². The van der Waals surface area contributed by atoms with Gasteiger partial charge in [-0.1, -0.05) is 58.4 Å². The molecule has 2 nitrogen and oxygen atoms in total. The summed E-state index contributed by atoms with van der Waals surface area (Å²) in [4.78, 5) is 0. The molecule has 0 aromatic heterocycles. The van der Waals surface area contributed by atoms with E-state index in [4.69, 9.17) is 4.74 Å². The minimum Gasteiger partial charge on any atom is -0.368 e. The third-order valence-electron chi connectivity index (χ3n) is 2.90. The van der Waals surface area contributed by atoms with E-state index in [0.29, 0.717) is 6.61 Å². The van der Waals surface area contributed by atoms with Crippen LogP contribution in [0.15, 0.2) is 59.1 Å². The molecule has 3 heteroatoms. The number of rotatable bonds is 6. The van der Waals surface area contributed by atoms with Crippen LogP contribution in [-0.2, 0) is 11.3 Å². The predicted molar refractivity (Wildman–Crippen MR) is 82.0 cm³/mol. The number of ether oxygens (including phenoxy) is 1. The molecule has 0 aliphatic heterocycles. The van der Waals surface area contributed by atoms with E-state index >= 15 is 0 Å². The Hall–Kier alpha value is -1.16. The number of hydrogen-bond acceptors (Lipinski definition) is 2. The standard InChI is InChI=1S/C16H18BrNO/c1-18-11-16(14-7-3-2-4-8-14)19-12-13-6-5-9-15(17)10-13/h2-10,16,18H,11-12H2,1H3. The van der Waals surface area contributed by atoms with Crippen molar-refractivity contribution in [2.45, 2.75) is 12.7 Å². The molecule has 1 N–H and O–H groups in total. The summed E-state index contributed by atoms with van der Waals surface area (Å²) in [5.41, 5.74) is 2.37. The Bertz CT molecular complexity index is 501. The quantitative estimate of drug-likeness (QED) is 0.871. The molecular formula is C16H18BrNO. The molecule has 0 aliphatic rings. The van der Waals surface area contributed by atoms with Crippen LogP contribution < -0.4 is 5.32 Å². The van der Waals surface area contributed by atoms with Crippen LogP contribution in [0.5, 0.6) is 0 Å². The van der Waals surface area contributed by atoms with Gasteiger partial charge in [0.25, 0.3) is 0 Å². The van der Waals surface area contributed by atoms with E-state index < -0.39 is 0 Å². The molecule has 2 rings (SSSR count). The van der Waals surface area contributed by atoms with E-state index in [2.05, 4.69) is 45.5 Å². The van der Waals surface area contributed by atoms with Gasteiger partial charge in [0.1, 0.15) is 0 Å². The topological polar surface area (TPSA) is 21.3 Å². The second kappa shape index (κ2) is 7.43. The van der Waals surface area contributed by atoms with E-state index in [1.807, 2.05) is 37.4 Å². The van der Waals surface area contributed by atoms with Crippen molar-refractivity contribution in [3.05, 3.63) is 70.2 Å². The molecule has 0 radical (unpaired) electrons. The van der Waals surface area contributed by atoms with Gasteiger partial charge in [0, 0.05) is 11.0 Å². The average molecular weight is 320 g/mol. The van der Waals surface area contributed by atoms with Gasteiger partial charge in [-0.3, -0.25) is 0 Å². The third kappa shape index (κ3) is 4.46. The van der Waals surface area contributed by atoms with Gasteiger partial charge >= 0.3 is 0 Å². The van der Waals surface area contributed by atoms with Crippen molar-refractivity contribution < 1.29 is 4.74 Å². The molecule has 1 unspecified atom stereocenters. The Labute approximate surface area is 122 Å². The molecule has 0 saturated carbocycles. The van der Waals surface area contributed by atoms with Crippen LogP contribution in [0.3, 0.4) is 0 Å². The smallest absolute Gasteiger partial charge is 0.0953 e. The van der Waals surface area contributed by atoms with E-state index in [9.17, 15) is 0 Å². The summed E-state index contributed by atoms with van der Waals surface area (Å²) < 4.78 is 7.11. The number of nitrogens with one attached hydrogen (secondary N) is 1. The highest BCUT2D eigenvalue weighted by atomic mass is 79.9. The van der Waals surface area contributed by atoms with Crippen LogP contribution in [-0.4, -0.2) is 13.6 Å². The van der Waals surface area contributed by atoms with Crippen molar-refractivity contribution in [3.8, 4) is 0 Å². The minimum absolute atomic E-state index is 0.0742. The highest BCUT2D eigenvalue weighted by Crippen LogP contribution is 2.19. The highest BCUT2D eigenvalue weighted by molar-refractivity contribution is 9.10. The van der Waals surface area contributed by atoms with Crippen molar-refractivity contribution in [2.24, 2.45) is 0 Å². The van der Waals surface area contributed by atoms with Crippen molar-refractivity contribution in [2.75, 3.05) is 13.6 Å². The number of benzene rings is 2. The average Bonchev–Trinajstić information content (AvgIpc) is 2.44. The van der Waals surface area contributed by atoms with Gasteiger partial charge in [0.05, 0.1) is 12.7 Å². The SMILES string of the molecule is CNCC(OCc1cccc(Br)c1)c1ccccc1. The fraction of sp³-hybridized carbons (Fsp3) is 0.250. The van der Waals surface area contributed by atoms with Crippen molar-refractivity contribution in [1.82, 2.24) is 5.32 Å².